The first kappa shape index (κ1) is 17.1. The van der Waals surface area contributed by atoms with Crippen LogP contribution >= 0.6 is 11.3 Å². The predicted molar refractivity (Wildman–Crippen MR) is 108 cm³/mol. The van der Waals surface area contributed by atoms with E-state index in [1.807, 2.05) is 28.5 Å². The molecule has 0 saturated carbocycles. The number of hydrogen-bond donors (Lipinski definition) is 0. The summed E-state index contributed by atoms with van der Waals surface area (Å²) in [7, 11) is 0. The van der Waals surface area contributed by atoms with Crippen LogP contribution in [-0.4, -0.2) is 27.5 Å². The molecule has 1 aliphatic heterocycles. The van der Waals surface area contributed by atoms with Crippen molar-refractivity contribution in [2.24, 2.45) is 0 Å². The van der Waals surface area contributed by atoms with Crippen LogP contribution in [-0.2, 0) is 6.42 Å². The van der Waals surface area contributed by atoms with E-state index in [1.54, 1.807) is 23.6 Å². The number of hydrogen-bond acceptors (Lipinski definition) is 5. The molecule has 4 aromatic rings. The van der Waals surface area contributed by atoms with Gasteiger partial charge < -0.3 is 9.42 Å². The topological polar surface area (TPSA) is 59.2 Å². The van der Waals surface area contributed by atoms with Gasteiger partial charge in [0.25, 0.3) is 5.91 Å². The lowest BCUT2D eigenvalue weighted by Gasteiger charge is -2.21. The van der Waals surface area contributed by atoms with E-state index in [0.717, 1.165) is 30.1 Å². The van der Waals surface area contributed by atoms with Gasteiger partial charge in [-0.2, -0.15) is 0 Å². The standard InChI is InChI=1S/C22H19N3O2S/c26-22(25-11-4-9-19(25)21-23-10-12-28-21)20-14-17(24-27-20)13-16-7-3-6-15-5-1-2-8-18(15)16/h1-3,5-8,10,12,14,19H,4,9,11,13H2/t19-/m0/s1. The number of aromatic nitrogens is 2. The lowest BCUT2D eigenvalue weighted by molar-refractivity contribution is 0.0693. The van der Waals surface area contributed by atoms with Gasteiger partial charge in [-0.05, 0) is 29.2 Å². The highest BCUT2D eigenvalue weighted by atomic mass is 32.1. The summed E-state index contributed by atoms with van der Waals surface area (Å²) < 4.78 is 5.43. The molecule has 0 N–H and O–H groups in total. The quantitative estimate of drug-likeness (QED) is 0.500. The van der Waals surface area contributed by atoms with Crippen LogP contribution in [0.5, 0.6) is 0 Å². The number of nitrogens with zero attached hydrogens (tertiary/aromatic N) is 3. The van der Waals surface area contributed by atoms with Crippen LogP contribution in [0, 0.1) is 0 Å². The molecule has 28 heavy (non-hydrogen) atoms. The van der Waals surface area contributed by atoms with Gasteiger partial charge in [-0.15, -0.1) is 11.3 Å². The summed E-state index contributed by atoms with van der Waals surface area (Å²) in [6, 6.07) is 16.3. The molecule has 5 rings (SSSR count). The van der Waals surface area contributed by atoms with Crippen molar-refractivity contribution in [3.63, 3.8) is 0 Å². The monoisotopic (exact) mass is 389 g/mol. The number of likely N-dealkylation sites (tertiary alicyclic amines) is 1. The Morgan fingerprint density at radius 2 is 2.11 bits per heavy atom. The molecular weight excluding hydrogens is 370 g/mol. The molecule has 0 bridgehead atoms. The van der Waals surface area contributed by atoms with E-state index >= 15 is 0 Å². The molecule has 0 aliphatic carbocycles. The average Bonchev–Trinajstić information content (AvgIpc) is 3.48. The molecule has 2 aromatic heterocycles. The first-order valence-electron chi connectivity index (χ1n) is 9.42. The van der Waals surface area contributed by atoms with Crippen molar-refractivity contribution in [1.82, 2.24) is 15.0 Å². The molecule has 6 heteroatoms. The molecule has 1 saturated heterocycles. The first-order valence-corrected chi connectivity index (χ1v) is 10.3. The molecule has 3 heterocycles. The smallest absolute Gasteiger partial charge is 0.293 e. The summed E-state index contributed by atoms with van der Waals surface area (Å²) in [4.78, 5) is 19.3. The average molecular weight is 389 g/mol. The van der Waals surface area contributed by atoms with Gasteiger partial charge in [0.05, 0.1) is 11.7 Å². The van der Waals surface area contributed by atoms with Gasteiger partial charge in [-0.25, -0.2) is 4.98 Å². The highest BCUT2D eigenvalue weighted by molar-refractivity contribution is 7.09. The maximum absolute atomic E-state index is 13.0. The van der Waals surface area contributed by atoms with E-state index < -0.39 is 0 Å². The Kier molecular flexibility index (Phi) is 4.41. The second-order valence-corrected chi connectivity index (χ2v) is 7.95. The zero-order chi connectivity index (χ0) is 18.9. The normalized spacial score (nSPS) is 16.7. The third-order valence-electron chi connectivity index (χ3n) is 5.27. The van der Waals surface area contributed by atoms with Crippen LogP contribution in [0.25, 0.3) is 10.8 Å². The van der Waals surface area contributed by atoms with E-state index in [1.165, 1.54) is 16.3 Å². The van der Waals surface area contributed by atoms with Gasteiger partial charge in [0.1, 0.15) is 5.01 Å². The second-order valence-electron chi connectivity index (χ2n) is 7.02. The Bertz CT molecular complexity index is 1110. The van der Waals surface area contributed by atoms with Crippen molar-refractivity contribution in [1.29, 1.82) is 0 Å². The van der Waals surface area contributed by atoms with Gasteiger partial charge >= 0.3 is 0 Å². The molecular formula is C22H19N3O2S. The van der Waals surface area contributed by atoms with E-state index in [0.29, 0.717) is 12.2 Å². The highest BCUT2D eigenvalue weighted by Gasteiger charge is 2.33. The molecule has 1 fully saturated rings. The largest absolute Gasteiger partial charge is 0.351 e. The van der Waals surface area contributed by atoms with Crippen molar-refractivity contribution in [3.05, 3.63) is 82.1 Å². The number of thiazole rings is 1. The zero-order valence-electron chi connectivity index (χ0n) is 15.2. The lowest BCUT2D eigenvalue weighted by atomic mass is 10.0. The summed E-state index contributed by atoms with van der Waals surface area (Å²) >= 11 is 1.59. The van der Waals surface area contributed by atoms with Gasteiger partial charge in [-0.1, -0.05) is 47.6 Å². The molecule has 0 radical (unpaired) electrons. The van der Waals surface area contributed by atoms with E-state index in [9.17, 15) is 4.79 Å². The molecule has 0 unspecified atom stereocenters. The summed E-state index contributed by atoms with van der Waals surface area (Å²) in [5.41, 5.74) is 1.94. The Morgan fingerprint density at radius 3 is 3.00 bits per heavy atom. The lowest BCUT2D eigenvalue weighted by Crippen LogP contribution is -2.30. The fraction of sp³-hybridized carbons (Fsp3) is 0.227. The minimum Gasteiger partial charge on any atom is -0.351 e. The van der Waals surface area contributed by atoms with Crippen LogP contribution in [0.4, 0.5) is 0 Å². The minimum atomic E-state index is -0.102. The number of rotatable bonds is 4. The fourth-order valence-electron chi connectivity index (χ4n) is 3.94. The van der Waals surface area contributed by atoms with Gasteiger partial charge in [0, 0.05) is 30.6 Å². The Morgan fingerprint density at radius 1 is 1.21 bits per heavy atom. The minimum absolute atomic E-state index is 0.0408. The summed E-state index contributed by atoms with van der Waals surface area (Å²) in [5, 5.41) is 9.50. The highest BCUT2D eigenvalue weighted by Crippen LogP contribution is 2.34. The fourth-order valence-corrected chi connectivity index (χ4v) is 4.73. The molecule has 2 aromatic carbocycles. The van der Waals surface area contributed by atoms with Crippen LogP contribution in [0.2, 0.25) is 0 Å². The SMILES string of the molecule is O=C(c1cc(Cc2cccc3ccccc23)no1)N1CCC[C@H]1c1nccs1. The number of fused-ring (bicyclic) bond motifs is 1. The van der Waals surface area contributed by atoms with Crippen LogP contribution < -0.4 is 0 Å². The van der Waals surface area contributed by atoms with Crippen molar-refractivity contribution in [3.8, 4) is 0 Å². The van der Waals surface area contributed by atoms with Crippen LogP contribution in [0.3, 0.4) is 0 Å². The van der Waals surface area contributed by atoms with E-state index in [4.69, 9.17) is 4.52 Å². The van der Waals surface area contributed by atoms with Crippen molar-refractivity contribution in [2.45, 2.75) is 25.3 Å². The van der Waals surface area contributed by atoms with Crippen molar-refractivity contribution in [2.75, 3.05) is 6.54 Å². The number of benzene rings is 2. The molecule has 5 nitrogen and oxygen atoms in total. The Hall–Kier alpha value is -2.99. The Labute approximate surface area is 166 Å². The van der Waals surface area contributed by atoms with Gasteiger partial charge in [-0.3, -0.25) is 4.79 Å². The predicted octanol–water partition coefficient (Wildman–Crippen LogP) is 4.85. The summed E-state index contributed by atoms with van der Waals surface area (Å²) in [6.45, 7) is 0.725. The van der Waals surface area contributed by atoms with Crippen LogP contribution in [0.1, 0.15) is 45.7 Å². The van der Waals surface area contributed by atoms with Crippen LogP contribution in [0.15, 0.2) is 64.6 Å². The molecule has 1 amide bonds. The number of carbonyl (C=O) groups excluding carboxylic acids is 1. The molecule has 140 valence electrons. The summed E-state index contributed by atoms with van der Waals surface area (Å²) in [6.07, 6.45) is 4.34. The summed E-state index contributed by atoms with van der Waals surface area (Å²) in [5.74, 6) is 0.202. The second kappa shape index (κ2) is 7.20. The molecule has 1 aliphatic rings. The maximum Gasteiger partial charge on any atom is 0.293 e. The van der Waals surface area contributed by atoms with Crippen molar-refractivity contribution < 1.29 is 9.32 Å². The Balaban J connectivity index is 1.38. The number of amides is 1. The van der Waals surface area contributed by atoms with E-state index in [2.05, 4.69) is 34.4 Å². The molecule has 0 spiro atoms. The number of carbonyl (C=O) groups is 1. The molecule has 1 atom stereocenters. The maximum atomic E-state index is 13.0. The zero-order valence-corrected chi connectivity index (χ0v) is 16.1. The third-order valence-corrected chi connectivity index (χ3v) is 6.15. The van der Waals surface area contributed by atoms with Gasteiger partial charge in [0.2, 0.25) is 5.76 Å². The van der Waals surface area contributed by atoms with Gasteiger partial charge in [0.15, 0.2) is 0 Å². The van der Waals surface area contributed by atoms with Crippen molar-refractivity contribution >= 4 is 28.0 Å². The first-order chi connectivity index (χ1) is 13.8. The third kappa shape index (κ3) is 3.10. The van der Waals surface area contributed by atoms with E-state index in [-0.39, 0.29) is 11.9 Å².